The van der Waals surface area contributed by atoms with E-state index in [9.17, 15) is 4.79 Å². The van der Waals surface area contributed by atoms with Gasteiger partial charge in [0, 0.05) is 10.7 Å². The van der Waals surface area contributed by atoms with Crippen LogP contribution >= 0.6 is 11.6 Å². The second-order valence-corrected chi connectivity index (χ2v) is 4.65. The summed E-state index contributed by atoms with van der Waals surface area (Å²) in [5, 5.41) is 3.49. The third kappa shape index (κ3) is 3.60. The third-order valence-corrected chi connectivity index (χ3v) is 2.87. The highest BCUT2D eigenvalue weighted by Gasteiger charge is 2.03. The zero-order chi connectivity index (χ0) is 13.0. The lowest BCUT2D eigenvalue weighted by Crippen LogP contribution is -2.14. The zero-order valence-electron chi connectivity index (χ0n) is 10.1. The van der Waals surface area contributed by atoms with Crippen LogP contribution < -0.4 is 5.32 Å². The molecule has 2 aromatic rings. The smallest absolute Gasteiger partial charge is 0.228 e. The van der Waals surface area contributed by atoms with E-state index in [0.29, 0.717) is 11.4 Å². The number of hydrogen-bond acceptors (Lipinski definition) is 1. The first-order chi connectivity index (χ1) is 8.63. The SMILES string of the molecule is Cc1ccc(CC(=O)Nc2ccc(Cl)cc2)cc1. The van der Waals surface area contributed by atoms with Gasteiger partial charge >= 0.3 is 0 Å². The fourth-order valence-electron chi connectivity index (χ4n) is 1.63. The largest absolute Gasteiger partial charge is 0.326 e. The van der Waals surface area contributed by atoms with Crippen LogP contribution in [-0.4, -0.2) is 5.91 Å². The monoisotopic (exact) mass is 259 g/mol. The van der Waals surface area contributed by atoms with Gasteiger partial charge in [-0.25, -0.2) is 0 Å². The van der Waals surface area contributed by atoms with E-state index in [0.717, 1.165) is 11.3 Å². The lowest BCUT2D eigenvalue weighted by Gasteiger charge is -2.05. The summed E-state index contributed by atoms with van der Waals surface area (Å²) >= 11 is 5.78. The minimum atomic E-state index is -0.0267. The Kier molecular flexibility index (Phi) is 4.00. The number of nitrogens with one attached hydrogen (secondary N) is 1. The quantitative estimate of drug-likeness (QED) is 0.892. The normalized spacial score (nSPS) is 10.1. The first-order valence-corrected chi connectivity index (χ1v) is 6.12. The molecule has 0 aliphatic heterocycles. The molecule has 0 aliphatic rings. The molecule has 0 atom stereocenters. The number of hydrogen-bond donors (Lipinski definition) is 1. The lowest BCUT2D eigenvalue weighted by atomic mass is 10.1. The molecule has 0 radical (unpaired) electrons. The molecule has 2 rings (SSSR count). The molecular formula is C15H14ClNO. The molecule has 0 fully saturated rings. The van der Waals surface area contributed by atoms with Crippen LogP contribution in [0.3, 0.4) is 0 Å². The summed E-state index contributed by atoms with van der Waals surface area (Å²) in [4.78, 5) is 11.8. The van der Waals surface area contributed by atoms with Gasteiger partial charge in [-0.15, -0.1) is 0 Å². The van der Waals surface area contributed by atoms with E-state index in [4.69, 9.17) is 11.6 Å². The van der Waals surface area contributed by atoms with E-state index in [1.54, 1.807) is 24.3 Å². The first-order valence-electron chi connectivity index (χ1n) is 5.74. The van der Waals surface area contributed by atoms with E-state index in [-0.39, 0.29) is 5.91 Å². The van der Waals surface area contributed by atoms with Crippen molar-refractivity contribution in [1.82, 2.24) is 0 Å². The summed E-state index contributed by atoms with van der Waals surface area (Å²) in [5.41, 5.74) is 2.96. The molecule has 1 amide bonds. The highest BCUT2D eigenvalue weighted by atomic mass is 35.5. The molecule has 2 nitrogen and oxygen atoms in total. The molecule has 0 heterocycles. The molecule has 92 valence electrons. The minimum absolute atomic E-state index is 0.0267. The number of amides is 1. The van der Waals surface area contributed by atoms with E-state index in [2.05, 4.69) is 5.32 Å². The second-order valence-electron chi connectivity index (χ2n) is 4.22. The van der Waals surface area contributed by atoms with Gasteiger partial charge in [0.15, 0.2) is 0 Å². The van der Waals surface area contributed by atoms with Crippen molar-refractivity contribution in [3.05, 3.63) is 64.7 Å². The van der Waals surface area contributed by atoms with E-state index in [1.165, 1.54) is 5.56 Å². The van der Waals surface area contributed by atoms with Crippen molar-refractivity contribution in [2.24, 2.45) is 0 Å². The van der Waals surface area contributed by atoms with Crippen LogP contribution in [0.4, 0.5) is 5.69 Å². The molecule has 1 N–H and O–H groups in total. The van der Waals surface area contributed by atoms with Crippen molar-refractivity contribution in [3.8, 4) is 0 Å². The van der Waals surface area contributed by atoms with Crippen LogP contribution in [0, 0.1) is 6.92 Å². The Balaban J connectivity index is 1.96. The van der Waals surface area contributed by atoms with Crippen LogP contribution in [0.15, 0.2) is 48.5 Å². The van der Waals surface area contributed by atoms with Gasteiger partial charge in [-0.1, -0.05) is 41.4 Å². The average molecular weight is 260 g/mol. The van der Waals surface area contributed by atoms with E-state index >= 15 is 0 Å². The van der Waals surface area contributed by atoms with Crippen LogP contribution in [-0.2, 0) is 11.2 Å². The lowest BCUT2D eigenvalue weighted by molar-refractivity contribution is -0.115. The fraction of sp³-hybridized carbons (Fsp3) is 0.133. The highest BCUT2D eigenvalue weighted by molar-refractivity contribution is 6.30. The van der Waals surface area contributed by atoms with Crippen LogP contribution in [0.2, 0.25) is 5.02 Å². The molecule has 0 saturated carbocycles. The Bertz CT molecular complexity index is 482. The number of rotatable bonds is 3. The Labute approximate surface area is 112 Å². The summed E-state index contributed by atoms with van der Waals surface area (Å²) in [5.74, 6) is -0.0267. The Morgan fingerprint density at radius 2 is 1.67 bits per heavy atom. The van der Waals surface area contributed by atoms with E-state index < -0.39 is 0 Å². The van der Waals surface area contributed by atoms with E-state index in [1.807, 2.05) is 31.2 Å². The predicted octanol–water partition coefficient (Wildman–Crippen LogP) is 3.83. The van der Waals surface area contributed by atoms with Gasteiger partial charge in [0.25, 0.3) is 0 Å². The summed E-state index contributed by atoms with van der Waals surface area (Å²) in [6.07, 6.45) is 0.378. The number of benzene rings is 2. The Morgan fingerprint density at radius 1 is 1.06 bits per heavy atom. The van der Waals surface area contributed by atoms with Gasteiger partial charge in [0.05, 0.1) is 6.42 Å². The number of aryl methyl sites for hydroxylation is 1. The van der Waals surface area contributed by atoms with Crippen molar-refractivity contribution in [2.75, 3.05) is 5.32 Å². The maximum absolute atomic E-state index is 11.8. The fourth-order valence-corrected chi connectivity index (χ4v) is 1.76. The van der Waals surface area contributed by atoms with Gasteiger partial charge in [-0.2, -0.15) is 0 Å². The van der Waals surface area contributed by atoms with Gasteiger partial charge in [-0.05, 0) is 36.8 Å². The summed E-state index contributed by atoms with van der Waals surface area (Å²) in [6, 6.07) is 15.0. The molecule has 0 unspecified atom stereocenters. The average Bonchev–Trinajstić information content (AvgIpc) is 2.35. The van der Waals surface area contributed by atoms with Gasteiger partial charge in [0.1, 0.15) is 0 Å². The van der Waals surface area contributed by atoms with Crippen molar-refractivity contribution in [3.63, 3.8) is 0 Å². The zero-order valence-corrected chi connectivity index (χ0v) is 10.9. The molecule has 0 bridgehead atoms. The third-order valence-electron chi connectivity index (χ3n) is 2.61. The maximum Gasteiger partial charge on any atom is 0.228 e. The molecule has 0 spiro atoms. The van der Waals surface area contributed by atoms with Crippen LogP contribution in [0.25, 0.3) is 0 Å². The van der Waals surface area contributed by atoms with Crippen molar-refractivity contribution >= 4 is 23.2 Å². The number of anilines is 1. The Hall–Kier alpha value is -1.80. The van der Waals surface area contributed by atoms with Crippen molar-refractivity contribution in [1.29, 1.82) is 0 Å². The molecule has 0 saturated heterocycles. The standard InChI is InChI=1S/C15H14ClNO/c1-11-2-4-12(5-3-11)10-15(18)17-14-8-6-13(16)7-9-14/h2-9H,10H2,1H3,(H,17,18). The highest BCUT2D eigenvalue weighted by Crippen LogP contribution is 2.14. The molecule has 3 heteroatoms. The number of carbonyl (C=O) groups is 1. The molecule has 2 aromatic carbocycles. The van der Waals surface area contributed by atoms with Crippen LogP contribution in [0.1, 0.15) is 11.1 Å². The summed E-state index contributed by atoms with van der Waals surface area (Å²) < 4.78 is 0. The molecule has 0 aromatic heterocycles. The molecule has 18 heavy (non-hydrogen) atoms. The topological polar surface area (TPSA) is 29.1 Å². The molecular weight excluding hydrogens is 246 g/mol. The van der Waals surface area contributed by atoms with Crippen molar-refractivity contribution in [2.45, 2.75) is 13.3 Å². The van der Waals surface area contributed by atoms with Gasteiger partial charge in [-0.3, -0.25) is 4.79 Å². The van der Waals surface area contributed by atoms with Crippen molar-refractivity contribution < 1.29 is 4.79 Å². The number of halogens is 1. The van der Waals surface area contributed by atoms with Gasteiger partial charge < -0.3 is 5.32 Å². The Morgan fingerprint density at radius 3 is 2.28 bits per heavy atom. The summed E-state index contributed by atoms with van der Waals surface area (Å²) in [6.45, 7) is 2.03. The summed E-state index contributed by atoms with van der Waals surface area (Å²) in [7, 11) is 0. The second kappa shape index (κ2) is 5.69. The minimum Gasteiger partial charge on any atom is -0.326 e. The number of carbonyl (C=O) groups excluding carboxylic acids is 1. The van der Waals surface area contributed by atoms with Gasteiger partial charge in [0.2, 0.25) is 5.91 Å². The maximum atomic E-state index is 11.8. The van der Waals surface area contributed by atoms with Crippen LogP contribution in [0.5, 0.6) is 0 Å². The molecule has 0 aliphatic carbocycles. The predicted molar refractivity (Wildman–Crippen MR) is 75.0 cm³/mol. The first kappa shape index (κ1) is 12.7.